The van der Waals surface area contributed by atoms with Crippen molar-refractivity contribution in [2.75, 3.05) is 6.61 Å². The Balaban J connectivity index is 1.72. The summed E-state index contributed by atoms with van der Waals surface area (Å²) in [7, 11) is 0. The normalized spacial score (nSPS) is 48.0. The number of fused-ring (bicyclic) bond motifs is 5. The van der Waals surface area contributed by atoms with Gasteiger partial charge < -0.3 is 4.84 Å². The van der Waals surface area contributed by atoms with Gasteiger partial charge in [0.25, 0.3) is 0 Å². The first-order valence-electron chi connectivity index (χ1n) is 10.1. The molecule has 0 heterocycles. The number of oxime groups is 1. The Kier molecular flexibility index (Phi) is 4.08. The zero-order chi connectivity index (χ0) is 17.8. The van der Waals surface area contributed by atoms with Gasteiger partial charge in [-0.25, -0.2) is 0 Å². The van der Waals surface area contributed by atoms with Gasteiger partial charge >= 0.3 is 0 Å². The van der Waals surface area contributed by atoms with Crippen LogP contribution in [0.3, 0.4) is 0 Å². The van der Waals surface area contributed by atoms with E-state index in [-0.39, 0.29) is 16.7 Å². The Bertz CT molecular complexity index is 627. The minimum atomic E-state index is -0.119. The quantitative estimate of drug-likeness (QED) is 0.706. The van der Waals surface area contributed by atoms with E-state index in [9.17, 15) is 9.59 Å². The lowest BCUT2D eigenvalue weighted by Crippen LogP contribution is -2.56. The predicted molar refractivity (Wildman–Crippen MR) is 96.2 cm³/mol. The van der Waals surface area contributed by atoms with Crippen molar-refractivity contribution >= 4 is 17.3 Å². The van der Waals surface area contributed by atoms with Crippen LogP contribution in [0.4, 0.5) is 0 Å². The summed E-state index contributed by atoms with van der Waals surface area (Å²) in [6, 6.07) is 0. The fraction of sp³-hybridized carbons (Fsp3) is 0.857. The van der Waals surface area contributed by atoms with Gasteiger partial charge in [-0.05, 0) is 62.2 Å². The van der Waals surface area contributed by atoms with Gasteiger partial charge in [0, 0.05) is 30.6 Å². The monoisotopic (exact) mass is 345 g/mol. The molecule has 0 N–H and O–H groups in total. The number of carbonyl (C=O) groups is 2. The SMILES string of the molecule is CCO/N=C1\C[C@@H]2[C@H](CC[C@]3(C)C(=O)CC[C@@H]23)[C@@]2(C)CCC(=O)CC12. The Morgan fingerprint density at radius 2 is 1.88 bits per heavy atom. The zero-order valence-corrected chi connectivity index (χ0v) is 15.8. The minimum Gasteiger partial charge on any atom is -0.396 e. The Morgan fingerprint density at radius 3 is 2.64 bits per heavy atom. The minimum absolute atomic E-state index is 0.119. The van der Waals surface area contributed by atoms with Gasteiger partial charge in [0.1, 0.15) is 18.2 Å². The molecule has 138 valence electrons. The summed E-state index contributed by atoms with van der Waals surface area (Å²) in [6.45, 7) is 7.12. The summed E-state index contributed by atoms with van der Waals surface area (Å²) in [5.41, 5.74) is 1.12. The summed E-state index contributed by atoms with van der Waals surface area (Å²) < 4.78 is 0. The molecule has 4 aliphatic rings. The fourth-order valence-corrected chi connectivity index (χ4v) is 6.88. The van der Waals surface area contributed by atoms with Crippen LogP contribution in [-0.4, -0.2) is 23.9 Å². The second kappa shape index (κ2) is 5.92. The highest BCUT2D eigenvalue weighted by Gasteiger charge is 2.61. The molecule has 0 amide bonds. The molecular weight excluding hydrogens is 314 g/mol. The summed E-state index contributed by atoms with van der Waals surface area (Å²) in [5.74, 6) is 2.73. The Morgan fingerprint density at radius 1 is 1.08 bits per heavy atom. The highest BCUT2D eigenvalue weighted by atomic mass is 16.6. The van der Waals surface area contributed by atoms with Crippen LogP contribution in [0.5, 0.6) is 0 Å². The topological polar surface area (TPSA) is 55.7 Å². The molecule has 6 atom stereocenters. The molecule has 0 radical (unpaired) electrons. The maximum Gasteiger partial charge on any atom is 0.139 e. The predicted octanol–water partition coefficient (Wildman–Crippen LogP) is 4.17. The number of rotatable bonds is 2. The molecule has 4 saturated carbocycles. The molecular formula is C21H31NO3. The lowest BCUT2D eigenvalue weighted by atomic mass is 9.45. The number of Topliss-reactive ketones (excluding diaryl/α,β-unsaturated/α-hetero) is 2. The highest BCUT2D eigenvalue weighted by molar-refractivity contribution is 5.94. The van der Waals surface area contributed by atoms with Crippen molar-refractivity contribution in [3.8, 4) is 0 Å². The van der Waals surface area contributed by atoms with E-state index in [1.54, 1.807) is 0 Å². The number of hydrogen-bond acceptors (Lipinski definition) is 4. The van der Waals surface area contributed by atoms with Crippen LogP contribution in [0.2, 0.25) is 0 Å². The van der Waals surface area contributed by atoms with Gasteiger partial charge in [-0.3, -0.25) is 9.59 Å². The smallest absolute Gasteiger partial charge is 0.139 e. The molecule has 0 spiro atoms. The first-order chi connectivity index (χ1) is 11.9. The molecule has 0 aromatic rings. The molecule has 4 heteroatoms. The van der Waals surface area contributed by atoms with Gasteiger partial charge in [0.2, 0.25) is 0 Å². The Hall–Kier alpha value is -1.19. The molecule has 0 aromatic heterocycles. The van der Waals surface area contributed by atoms with E-state index < -0.39 is 0 Å². The van der Waals surface area contributed by atoms with E-state index >= 15 is 0 Å². The lowest BCUT2D eigenvalue weighted by molar-refractivity contribution is -0.136. The third kappa shape index (κ3) is 2.43. The van der Waals surface area contributed by atoms with Crippen LogP contribution in [0.25, 0.3) is 0 Å². The third-order valence-corrected chi connectivity index (χ3v) is 8.32. The molecule has 25 heavy (non-hydrogen) atoms. The number of ketones is 2. The van der Waals surface area contributed by atoms with Crippen molar-refractivity contribution in [2.45, 2.75) is 72.1 Å². The lowest BCUT2D eigenvalue weighted by Gasteiger charge is -2.59. The van der Waals surface area contributed by atoms with Crippen molar-refractivity contribution < 1.29 is 14.4 Å². The fourth-order valence-electron chi connectivity index (χ4n) is 6.88. The molecule has 0 aromatic carbocycles. The molecule has 1 unspecified atom stereocenters. The summed E-state index contributed by atoms with van der Waals surface area (Å²) in [5, 5.41) is 4.49. The van der Waals surface area contributed by atoms with E-state index in [0.717, 1.165) is 44.2 Å². The molecule has 4 nitrogen and oxygen atoms in total. The number of hydrogen-bond donors (Lipinski definition) is 0. The molecule has 0 saturated heterocycles. The van der Waals surface area contributed by atoms with Crippen molar-refractivity contribution in [1.29, 1.82) is 0 Å². The van der Waals surface area contributed by atoms with Crippen molar-refractivity contribution in [3.63, 3.8) is 0 Å². The van der Waals surface area contributed by atoms with Crippen LogP contribution >= 0.6 is 0 Å². The van der Waals surface area contributed by atoms with Crippen molar-refractivity contribution in [3.05, 3.63) is 0 Å². The average Bonchev–Trinajstić information content (AvgIpc) is 2.89. The maximum atomic E-state index is 12.6. The standard InChI is InChI=1S/C21H31NO3/c1-4-25-22-18-12-14-15-5-6-19(24)21(15,3)10-8-16(14)20(2)9-7-13(23)11-17(18)20/h14-17H,4-12H2,1-3H3/b22-18+/t14-,15-,16-,17?,20+,21-/m0/s1. The van der Waals surface area contributed by atoms with Crippen LogP contribution in [0.1, 0.15) is 72.1 Å². The second-order valence-corrected chi connectivity index (χ2v) is 9.30. The second-order valence-electron chi connectivity index (χ2n) is 9.30. The number of carbonyl (C=O) groups excluding carboxylic acids is 2. The van der Waals surface area contributed by atoms with Crippen LogP contribution in [0, 0.1) is 34.5 Å². The highest BCUT2D eigenvalue weighted by Crippen LogP contribution is 2.64. The number of nitrogens with zero attached hydrogens (tertiary/aromatic N) is 1. The van der Waals surface area contributed by atoms with Gasteiger partial charge in [0.05, 0.1) is 5.71 Å². The van der Waals surface area contributed by atoms with Crippen LogP contribution in [-0.2, 0) is 14.4 Å². The van der Waals surface area contributed by atoms with Gasteiger partial charge in [-0.15, -0.1) is 0 Å². The molecule has 0 aliphatic heterocycles. The van der Waals surface area contributed by atoms with Gasteiger partial charge in [-0.1, -0.05) is 19.0 Å². The summed E-state index contributed by atoms with van der Waals surface area (Å²) in [4.78, 5) is 30.2. The largest absolute Gasteiger partial charge is 0.396 e. The average molecular weight is 345 g/mol. The van der Waals surface area contributed by atoms with Gasteiger partial charge in [-0.2, -0.15) is 0 Å². The summed E-state index contributed by atoms with van der Waals surface area (Å²) in [6.07, 6.45) is 7.19. The third-order valence-electron chi connectivity index (χ3n) is 8.32. The molecule has 4 fully saturated rings. The van der Waals surface area contributed by atoms with E-state index in [4.69, 9.17) is 4.84 Å². The molecule has 4 rings (SSSR count). The Labute approximate surface area is 150 Å². The van der Waals surface area contributed by atoms with E-state index in [2.05, 4.69) is 19.0 Å². The van der Waals surface area contributed by atoms with E-state index in [0.29, 0.717) is 48.8 Å². The maximum absolute atomic E-state index is 12.6. The summed E-state index contributed by atoms with van der Waals surface area (Å²) >= 11 is 0. The molecule has 0 bridgehead atoms. The molecule has 4 aliphatic carbocycles. The van der Waals surface area contributed by atoms with E-state index in [1.807, 2.05) is 6.92 Å². The van der Waals surface area contributed by atoms with Crippen LogP contribution in [0.15, 0.2) is 5.16 Å². The van der Waals surface area contributed by atoms with Crippen molar-refractivity contribution in [1.82, 2.24) is 0 Å². The van der Waals surface area contributed by atoms with Crippen molar-refractivity contribution in [2.24, 2.45) is 39.7 Å². The van der Waals surface area contributed by atoms with Gasteiger partial charge in [0.15, 0.2) is 0 Å². The zero-order valence-electron chi connectivity index (χ0n) is 15.8. The first kappa shape index (κ1) is 17.2. The van der Waals surface area contributed by atoms with E-state index in [1.165, 1.54) is 0 Å². The van der Waals surface area contributed by atoms with Crippen LogP contribution < -0.4 is 0 Å². The first-order valence-corrected chi connectivity index (χ1v) is 10.1.